The number of pyridine rings is 1. The summed E-state index contributed by atoms with van der Waals surface area (Å²) in [6.45, 7) is -0.0752. The van der Waals surface area contributed by atoms with Gasteiger partial charge >= 0.3 is 11.9 Å². The van der Waals surface area contributed by atoms with Crippen LogP contribution in [0.15, 0.2) is 12.3 Å². The molecule has 100 valence electrons. The molecule has 1 rings (SSSR count). The molecule has 0 unspecified atom stereocenters. The molecule has 0 atom stereocenters. The second-order valence-corrected chi connectivity index (χ2v) is 3.37. The first-order chi connectivity index (χ1) is 9.13. The van der Waals surface area contributed by atoms with Gasteiger partial charge in [0.1, 0.15) is 5.69 Å². The van der Waals surface area contributed by atoms with Crippen LogP contribution in [0.5, 0.6) is 0 Å². The molecule has 0 saturated heterocycles. The molecule has 0 radical (unpaired) electrons. The van der Waals surface area contributed by atoms with Crippen molar-refractivity contribution in [3.63, 3.8) is 0 Å². The fourth-order valence-corrected chi connectivity index (χ4v) is 1.26. The highest BCUT2D eigenvalue weighted by Crippen LogP contribution is 2.11. The van der Waals surface area contributed by atoms with E-state index in [-0.39, 0.29) is 24.3 Å². The molecule has 0 aliphatic carbocycles. The Labute approximate surface area is 110 Å². The van der Waals surface area contributed by atoms with Crippen LogP contribution in [-0.2, 0) is 9.47 Å². The first-order valence-electron chi connectivity index (χ1n) is 5.40. The lowest BCUT2D eigenvalue weighted by atomic mass is 10.1. The molecular weight excluding hydrogens is 250 g/mol. The molecular formula is C13H13NO5. The van der Waals surface area contributed by atoms with E-state index in [1.54, 1.807) is 0 Å². The molecule has 0 fully saturated rings. The lowest BCUT2D eigenvalue weighted by Gasteiger charge is -2.04. The summed E-state index contributed by atoms with van der Waals surface area (Å²) >= 11 is 0. The summed E-state index contributed by atoms with van der Waals surface area (Å²) in [5, 5.41) is 8.65. The second-order valence-electron chi connectivity index (χ2n) is 3.37. The third kappa shape index (κ3) is 3.79. The second kappa shape index (κ2) is 7.13. The third-order valence-corrected chi connectivity index (χ3v) is 2.16. The molecule has 1 heterocycles. The van der Waals surface area contributed by atoms with Crippen molar-refractivity contribution in [3.05, 3.63) is 29.1 Å². The largest absolute Gasteiger partial charge is 0.465 e. The van der Waals surface area contributed by atoms with Crippen molar-refractivity contribution in [2.75, 3.05) is 20.8 Å². The monoisotopic (exact) mass is 263 g/mol. The number of esters is 2. The number of hydrogen-bond donors (Lipinski definition) is 1. The average Bonchev–Trinajstić information content (AvgIpc) is 2.46. The molecule has 6 heteroatoms. The molecule has 1 aromatic rings. The fourth-order valence-electron chi connectivity index (χ4n) is 1.26. The van der Waals surface area contributed by atoms with Crippen molar-refractivity contribution < 1.29 is 24.2 Å². The Morgan fingerprint density at radius 3 is 2.58 bits per heavy atom. The van der Waals surface area contributed by atoms with E-state index in [4.69, 9.17) is 5.11 Å². The van der Waals surface area contributed by atoms with Crippen LogP contribution in [-0.4, -0.2) is 42.9 Å². The van der Waals surface area contributed by atoms with E-state index in [2.05, 4.69) is 26.3 Å². The first-order valence-corrected chi connectivity index (χ1v) is 5.40. The number of aromatic nitrogens is 1. The highest BCUT2D eigenvalue weighted by molar-refractivity contribution is 5.95. The minimum absolute atomic E-state index is 0.00407. The van der Waals surface area contributed by atoms with Crippen LogP contribution in [0.2, 0.25) is 0 Å². The maximum Gasteiger partial charge on any atom is 0.356 e. The summed E-state index contributed by atoms with van der Waals surface area (Å²) in [6, 6.07) is 1.26. The standard InChI is InChI=1S/C13H13NO5/c1-18-12(16)10-7-11(13(17)19-2)14-8-9(10)5-3-4-6-15/h7-8,15H,4,6H2,1-2H3. The topological polar surface area (TPSA) is 85.7 Å². The number of aliphatic hydroxyl groups excluding tert-OH is 1. The van der Waals surface area contributed by atoms with E-state index in [9.17, 15) is 9.59 Å². The zero-order valence-corrected chi connectivity index (χ0v) is 10.6. The highest BCUT2D eigenvalue weighted by Gasteiger charge is 2.16. The van der Waals surface area contributed by atoms with Crippen molar-refractivity contribution >= 4 is 11.9 Å². The van der Waals surface area contributed by atoms with Gasteiger partial charge in [0.05, 0.1) is 32.0 Å². The zero-order chi connectivity index (χ0) is 14.3. The van der Waals surface area contributed by atoms with Crippen molar-refractivity contribution in [3.8, 4) is 11.8 Å². The van der Waals surface area contributed by atoms with Gasteiger partial charge in [-0.1, -0.05) is 11.8 Å². The Bertz CT molecular complexity index is 542. The molecule has 0 saturated carbocycles. The Kier molecular flexibility index (Phi) is 5.51. The first kappa shape index (κ1) is 14.7. The lowest BCUT2D eigenvalue weighted by Crippen LogP contribution is -2.10. The maximum atomic E-state index is 11.6. The predicted molar refractivity (Wildman–Crippen MR) is 65.5 cm³/mol. The number of ether oxygens (including phenoxy) is 2. The minimum Gasteiger partial charge on any atom is -0.465 e. The summed E-state index contributed by atoms with van der Waals surface area (Å²) in [5.74, 6) is 4.08. The van der Waals surface area contributed by atoms with Crippen LogP contribution in [0, 0.1) is 11.8 Å². The van der Waals surface area contributed by atoms with Crippen LogP contribution < -0.4 is 0 Å². The summed E-state index contributed by atoms with van der Waals surface area (Å²) in [4.78, 5) is 26.8. The summed E-state index contributed by atoms with van der Waals surface area (Å²) in [6.07, 6.45) is 1.57. The molecule has 6 nitrogen and oxygen atoms in total. The van der Waals surface area contributed by atoms with Crippen LogP contribution in [0.25, 0.3) is 0 Å². The summed E-state index contributed by atoms with van der Waals surface area (Å²) in [5.41, 5.74) is 0.451. The van der Waals surface area contributed by atoms with Gasteiger partial charge in [0.15, 0.2) is 0 Å². The molecule has 0 aromatic carbocycles. The maximum absolute atomic E-state index is 11.6. The molecule has 1 N–H and O–H groups in total. The minimum atomic E-state index is -0.653. The van der Waals surface area contributed by atoms with Gasteiger partial charge in [-0.05, 0) is 6.07 Å². The molecule has 0 aliphatic heterocycles. The van der Waals surface area contributed by atoms with Gasteiger partial charge in [-0.2, -0.15) is 0 Å². The van der Waals surface area contributed by atoms with E-state index >= 15 is 0 Å². The fraction of sp³-hybridized carbons (Fsp3) is 0.308. The van der Waals surface area contributed by atoms with Crippen LogP contribution in [0.1, 0.15) is 32.8 Å². The number of hydrogen-bond acceptors (Lipinski definition) is 6. The van der Waals surface area contributed by atoms with Gasteiger partial charge in [-0.3, -0.25) is 0 Å². The SMILES string of the molecule is COC(=O)c1cc(C(=O)OC)c(C#CCCO)cn1. The van der Waals surface area contributed by atoms with E-state index in [1.807, 2.05) is 0 Å². The molecule has 0 spiro atoms. The Morgan fingerprint density at radius 1 is 1.32 bits per heavy atom. The smallest absolute Gasteiger partial charge is 0.356 e. The van der Waals surface area contributed by atoms with Gasteiger partial charge in [0.25, 0.3) is 0 Å². The number of aliphatic hydroxyl groups is 1. The third-order valence-electron chi connectivity index (χ3n) is 2.16. The van der Waals surface area contributed by atoms with Crippen molar-refractivity contribution in [2.45, 2.75) is 6.42 Å². The predicted octanol–water partition coefficient (Wildman–Crippen LogP) is 0.389. The van der Waals surface area contributed by atoms with Crippen molar-refractivity contribution in [2.24, 2.45) is 0 Å². The number of rotatable bonds is 3. The number of methoxy groups -OCH3 is 2. The van der Waals surface area contributed by atoms with E-state index in [0.717, 1.165) is 0 Å². The van der Waals surface area contributed by atoms with Gasteiger partial charge in [-0.15, -0.1) is 0 Å². The van der Waals surface area contributed by atoms with Crippen molar-refractivity contribution in [1.82, 2.24) is 4.98 Å². The lowest BCUT2D eigenvalue weighted by molar-refractivity contribution is 0.0593. The van der Waals surface area contributed by atoms with E-state index < -0.39 is 11.9 Å². The number of carbonyl (C=O) groups is 2. The van der Waals surface area contributed by atoms with Gasteiger partial charge in [0, 0.05) is 12.6 Å². The van der Waals surface area contributed by atoms with Gasteiger partial charge in [-0.25, -0.2) is 14.6 Å². The zero-order valence-electron chi connectivity index (χ0n) is 10.6. The summed E-state index contributed by atoms with van der Waals surface area (Å²) in [7, 11) is 2.45. The van der Waals surface area contributed by atoms with E-state index in [1.165, 1.54) is 26.5 Å². The molecule has 0 amide bonds. The number of carbonyl (C=O) groups excluding carboxylic acids is 2. The summed E-state index contributed by atoms with van der Waals surface area (Å²) < 4.78 is 9.14. The normalized spacial score (nSPS) is 9.21. The van der Waals surface area contributed by atoms with Crippen molar-refractivity contribution in [1.29, 1.82) is 0 Å². The average molecular weight is 263 g/mol. The number of nitrogens with zero attached hydrogens (tertiary/aromatic N) is 1. The van der Waals surface area contributed by atoms with E-state index in [0.29, 0.717) is 5.56 Å². The molecule has 19 heavy (non-hydrogen) atoms. The van der Waals surface area contributed by atoms with Crippen LogP contribution in [0.3, 0.4) is 0 Å². The van der Waals surface area contributed by atoms with Crippen LogP contribution >= 0.6 is 0 Å². The Hall–Kier alpha value is -2.39. The molecule has 1 aromatic heterocycles. The Morgan fingerprint density at radius 2 is 2.00 bits per heavy atom. The molecule has 0 aliphatic rings. The molecule has 0 bridgehead atoms. The van der Waals surface area contributed by atoms with Crippen LogP contribution in [0.4, 0.5) is 0 Å². The highest BCUT2D eigenvalue weighted by atomic mass is 16.5. The van der Waals surface area contributed by atoms with Gasteiger partial charge in [0.2, 0.25) is 0 Å². The quantitative estimate of drug-likeness (QED) is 0.627. The Balaban J connectivity index is 3.22. The van der Waals surface area contributed by atoms with Gasteiger partial charge < -0.3 is 14.6 Å².